The molecule has 0 N–H and O–H groups in total. The second kappa shape index (κ2) is 6.52. The van der Waals surface area contributed by atoms with Gasteiger partial charge in [0.15, 0.2) is 0 Å². The van der Waals surface area contributed by atoms with Crippen molar-refractivity contribution >= 4 is 15.9 Å². The van der Waals surface area contributed by atoms with Crippen LogP contribution in [-0.2, 0) is 14.8 Å². The average molecular weight is 276 g/mol. The minimum Gasteiger partial charge on any atom is -0.340 e. The Balaban J connectivity index is 2.51. The molecule has 1 rings (SSSR count). The molecule has 1 aliphatic heterocycles. The van der Waals surface area contributed by atoms with Crippen molar-refractivity contribution in [2.45, 2.75) is 33.6 Å². The predicted molar refractivity (Wildman–Crippen MR) is 71.7 cm³/mol. The molecule has 0 radical (unpaired) electrons. The van der Waals surface area contributed by atoms with Gasteiger partial charge in [0.25, 0.3) is 0 Å². The first kappa shape index (κ1) is 15.4. The Kier molecular flexibility index (Phi) is 5.59. The lowest BCUT2D eigenvalue weighted by Gasteiger charge is -2.34. The van der Waals surface area contributed by atoms with E-state index in [1.165, 1.54) is 4.31 Å². The molecule has 0 aliphatic carbocycles. The summed E-state index contributed by atoms with van der Waals surface area (Å²) in [6.07, 6.45) is 1.58. The third-order valence-electron chi connectivity index (χ3n) is 3.19. The molecule has 5 nitrogen and oxygen atoms in total. The topological polar surface area (TPSA) is 57.7 Å². The van der Waals surface area contributed by atoms with E-state index in [9.17, 15) is 13.2 Å². The fraction of sp³-hybridized carbons (Fsp3) is 0.917. The second-order valence-corrected chi connectivity index (χ2v) is 7.14. The van der Waals surface area contributed by atoms with Crippen LogP contribution >= 0.6 is 0 Å². The molecule has 6 heteroatoms. The average Bonchev–Trinajstić information content (AvgIpc) is 2.35. The van der Waals surface area contributed by atoms with E-state index in [1.807, 2.05) is 20.8 Å². The van der Waals surface area contributed by atoms with Crippen LogP contribution in [0, 0.1) is 5.92 Å². The van der Waals surface area contributed by atoms with Crippen LogP contribution < -0.4 is 0 Å². The highest BCUT2D eigenvalue weighted by Crippen LogP contribution is 2.12. The molecule has 0 aromatic heterocycles. The predicted octanol–water partition coefficient (Wildman–Crippen LogP) is 0.917. The fourth-order valence-corrected chi connectivity index (χ4v) is 3.64. The number of carbonyl (C=O) groups is 1. The first-order valence-corrected chi connectivity index (χ1v) is 8.26. The van der Waals surface area contributed by atoms with Crippen molar-refractivity contribution in [3.05, 3.63) is 0 Å². The normalized spacial score (nSPS) is 18.3. The second-order valence-electron chi connectivity index (χ2n) is 5.05. The van der Waals surface area contributed by atoms with Gasteiger partial charge >= 0.3 is 0 Å². The number of amides is 1. The highest BCUT2D eigenvalue weighted by atomic mass is 32.2. The number of carbonyl (C=O) groups excluding carboxylic acids is 1. The van der Waals surface area contributed by atoms with Gasteiger partial charge in [-0.3, -0.25) is 4.79 Å². The summed E-state index contributed by atoms with van der Waals surface area (Å²) >= 11 is 0. The van der Waals surface area contributed by atoms with Crippen molar-refractivity contribution in [2.24, 2.45) is 5.92 Å². The minimum absolute atomic E-state index is 0.0201. The van der Waals surface area contributed by atoms with Gasteiger partial charge in [-0.15, -0.1) is 0 Å². The van der Waals surface area contributed by atoms with E-state index in [1.54, 1.807) is 4.90 Å². The zero-order chi connectivity index (χ0) is 13.8. The van der Waals surface area contributed by atoms with Gasteiger partial charge in [-0.25, -0.2) is 8.42 Å². The summed E-state index contributed by atoms with van der Waals surface area (Å²) in [5.74, 6) is 0.315. The first-order valence-electron chi connectivity index (χ1n) is 6.65. The van der Waals surface area contributed by atoms with Crippen molar-refractivity contribution in [1.29, 1.82) is 0 Å². The SMILES string of the molecule is CCCCS(=O)(=O)N1CCN(C(=O)C(C)C)CC1. The molecule has 0 unspecified atom stereocenters. The Morgan fingerprint density at radius 2 is 1.72 bits per heavy atom. The van der Waals surface area contributed by atoms with E-state index in [-0.39, 0.29) is 17.6 Å². The number of nitrogens with zero attached hydrogens (tertiary/aromatic N) is 2. The molecule has 0 atom stereocenters. The highest BCUT2D eigenvalue weighted by molar-refractivity contribution is 7.89. The number of rotatable bonds is 5. The van der Waals surface area contributed by atoms with Crippen LogP contribution in [0.15, 0.2) is 0 Å². The molecule has 0 aromatic rings. The molecule has 18 heavy (non-hydrogen) atoms. The van der Waals surface area contributed by atoms with E-state index >= 15 is 0 Å². The molecule has 0 saturated carbocycles. The quantitative estimate of drug-likeness (QED) is 0.750. The van der Waals surface area contributed by atoms with E-state index in [0.717, 1.165) is 6.42 Å². The Morgan fingerprint density at radius 3 is 2.17 bits per heavy atom. The Morgan fingerprint density at radius 1 is 1.17 bits per heavy atom. The lowest BCUT2D eigenvalue weighted by Crippen LogP contribution is -2.51. The third-order valence-corrected chi connectivity index (χ3v) is 5.15. The van der Waals surface area contributed by atoms with Crippen molar-refractivity contribution in [3.8, 4) is 0 Å². The molecule has 106 valence electrons. The van der Waals surface area contributed by atoms with Gasteiger partial charge in [0.2, 0.25) is 15.9 Å². The number of piperazine rings is 1. The lowest BCUT2D eigenvalue weighted by molar-refractivity contribution is -0.135. The van der Waals surface area contributed by atoms with E-state index in [4.69, 9.17) is 0 Å². The zero-order valence-electron chi connectivity index (χ0n) is 11.6. The maximum Gasteiger partial charge on any atom is 0.225 e. The van der Waals surface area contributed by atoms with Crippen LogP contribution in [-0.4, -0.2) is 55.5 Å². The maximum absolute atomic E-state index is 12.0. The van der Waals surface area contributed by atoms with E-state index in [0.29, 0.717) is 32.6 Å². The molecular weight excluding hydrogens is 252 g/mol. The van der Waals surface area contributed by atoms with Gasteiger partial charge in [0.05, 0.1) is 5.75 Å². The van der Waals surface area contributed by atoms with Crippen LogP contribution in [0.5, 0.6) is 0 Å². The van der Waals surface area contributed by atoms with Crippen LogP contribution in [0.4, 0.5) is 0 Å². The standard InChI is InChI=1S/C12H24N2O3S/c1-4-5-10-18(16,17)14-8-6-13(7-9-14)12(15)11(2)3/h11H,4-10H2,1-3H3. The summed E-state index contributed by atoms with van der Waals surface area (Å²) in [7, 11) is -3.12. The summed E-state index contributed by atoms with van der Waals surface area (Å²) in [5.41, 5.74) is 0. The van der Waals surface area contributed by atoms with Crippen LogP contribution in [0.2, 0.25) is 0 Å². The van der Waals surface area contributed by atoms with E-state index < -0.39 is 10.0 Å². The summed E-state index contributed by atoms with van der Waals surface area (Å²) in [5, 5.41) is 0. The van der Waals surface area contributed by atoms with E-state index in [2.05, 4.69) is 0 Å². The Hall–Kier alpha value is -0.620. The smallest absolute Gasteiger partial charge is 0.225 e. The van der Waals surface area contributed by atoms with Crippen LogP contribution in [0.3, 0.4) is 0 Å². The number of hydrogen-bond acceptors (Lipinski definition) is 3. The minimum atomic E-state index is -3.12. The molecule has 1 aliphatic rings. The fourth-order valence-electron chi connectivity index (χ4n) is 2.01. The van der Waals surface area contributed by atoms with Gasteiger partial charge < -0.3 is 4.90 Å². The molecule has 1 saturated heterocycles. The maximum atomic E-state index is 12.0. The van der Waals surface area contributed by atoms with Crippen molar-refractivity contribution in [2.75, 3.05) is 31.9 Å². The lowest BCUT2D eigenvalue weighted by atomic mass is 10.2. The molecule has 0 bridgehead atoms. The van der Waals surface area contributed by atoms with Gasteiger partial charge in [-0.1, -0.05) is 27.2 Å². The third kappa shape index (κ3) is 3.95. The number of sulfonamides is 1. The Bertz CT molecular complexity index is 371. The number of hydrogen-bond donors (Lipinski definition) is 0. The molecular formula is C12H24N2O3S. The molecule has 0 spiro atoms. The zero-order valence-corrected chi connectivity index (χ0v) is 12.4. The van der Waals surface area contributed by atoms with Gasteiger partial charge in [-0.05, 0) is 6.42 Å². The highest BCUT2D eigenvalue weighted by Gasteiger charge is 2.28. The van der Waals surface area contributed by atoms with Crippen LogP contribution in [0.25, 0.3) is 0 Å². The van der Waals surface area contributed by atoms with Gasteiger partial charge in [0, 0.05) is 32.1 Å². The molecule has 0 aromatic carbocycles. The summed E-state index contributed by atoms with van der Waals surface area (Å²) in [6.45, 7) is 7.62. The van der Waals surface area contributed by atoms with Gasteiger partial charge in [0.1, 0.15) is 0 Å². The first-order chi connectivity index (χ1) is 8.38. The monoisotopic (exact) mass is 276 g/mol. The van der Waals surface area contributed by atoms with Crippen molar-refractivity contribution in [3.63, 3.8) is 0 Å². The number of unbranched alkanes of at least 4 members (excludes halogenated alkanes) is 1. The molecule has 1 fully saturated rings. The molecule has 1 amide bonds. The summed E-state index contributed by atoms with van der Waals surface area (Å²) < 4.78 is 25.5. The summed E-state index contributed by atoms with van der Waals surface area (Å²) in [4.78, 5) is 13.5. The van der Waals surface area contributed by atoms with Crippen molar-refractivity contribution < 1.29 is 13.2 Å². The largest absolute Gasteiger partial charge is 0.340 e. The Labute approximate surface area is 110 Å². The molecule has 1 heterocycles. The summed E-state index contributed by atoms with van der Waals surface area (Å²) in [6, 6.07) is 0. The van der Waals surface area contributed by atoms with Crippen molar-refractivity contribution in [1.82, 2.24) is 9.21 Å². The van der Waals surface area contributed by atoms with Gasteiger partial charge in [-0.2, -0.15) is 4.31 Å². The van der Waals surface area contributed by atoms with Crippen LogP contribution in [0.1, 0.15) is 33.6 Å².